The number of benzene rings is 20. The highest BCUT2D eigenvalue weighted by atomic mass is 15.2. The van der Waals surface area contributed by atoms with Crippen LogP contribution in [0.1, 0.15) is 0 Å². The second kappa shape index (κ2) is 35.9. The molecule has 0 bridgehead atoms. The van der Waals surface area contributed by atoms with E-state index in [1.165, 1.54) is 109 Å². The Morgan fingerprint density at radius 1 is 0.159 bits per heavy atom. The molecule has 20 aromatic carbocycles. The first-order valence-electron chi connectivity index (χ1n) is 48.8. The molecule has 0 saturated carbocycles. The summed E-state index contributed by atoms with van der Waals surface area (Å²) in [6.07, 6.45) is 9.31. The molecular weight excluding hydrogens is 1770 g/mol. The van der Waals surface area contributed by atoms with Gasteiger partial charge in [0.25, 0.3) is 0 Å². The number of para-hydroxylation sites is 3. The van der Waals surface area contributed by atoms with Gasteiger partial charge in [-0.1, -0.05) is 370 Å². The van der Waals surface area contributed by atoms with E-state index in [1.54, 1.807) is 6.20 Å². The summed E-state index contributed by atoms with van der Waals surface area (Å²) >= 11 is 0. The van der Waals surface area contributed by atoms with Gasteiger partial charge in [0, 0.05) is 96.2 Å². The summed E-state index contributed by atoms with van der Waals surface area (Å²) in [5.41, 5.74) is 30.8. The number of aromatic nitrogens is 12. The molecule has 0 spiro atoms. The molecule has 0 radical (unpaired) electrons. The van der Waals surface area contributed by atoms with Crippen molar-refractivity contribution in [2.75, 3.05) is 0 Å². The molecule has 29 aromatic rings. The molecule has 9 heterocycles. The summed E-state index contributed by atoms with van der Waals surface area (Å²) in [4.78, 5) is 45.2. The Hall–Kier alpha value is -19.7. The number of nitrogens with zero attached hydrogens (tertiary/aromatic N) is 12. The van der Waals surface area contributed by atoms with E-state index in [4.69, 9.17) is 34.9 Å². The molecule has 0 saturated heterocycles. The van der Waals surface area contributed by atoms with Crippen molar-refractivity contribution in [1.29, 1.82) is 0 Å². The van der Waals surface area contributed by atoms with Crippen LogP contribution in [0.3, 0.4) is 0 Å². The zero-order chi connectivity index (χ0) is 95.8. The minimum Gasteiger partial charge on any atom is -0.278 e. The van der Waals surface area contributed by atoms with Crippen LogP contribution in [-0.4, -0.2) is 58.6 Å². The molecule has 12 nitrogen and oxygen atoms in total. The van der Waals surface area contributed by atoms with Crippen LogP contribution in [0.25, 0.3) is 271 Å². The Morgan fingerprint density at radius 2 is 0.531 bits per heavy atom. The van der Waals surface area contributed by atoms with Crippen LogP contribution in [0.5, 0.6) is 0 Å². The lowest BCUT2D eigenvalue weighted by Gasteiger charge is -2.13. The highest BCUT2D eigenvalue weighted by Gasteiger charge is 2.26. The van der Waals surface area contributed by atoms with E-state index in [2.05, 4.69) is 460 Å². The molecule has 0 unspecified atom stereocenters. The molecule has 12 heteroatoms. The van der Waals surface area contributed by atoms with Crippen LogP contribution in [0, 0.1) is 0 Å². The minimum absolute atomic E-state index is 0.622. The van der Waals surface area contributed by atoms with Crippen molar-refractivity contribution >= 4 is 141 Å². The van der Waals surface area contributed by atoms with Crippen molar-refractivity contribution in [1.82, 2.24) is 58.6 Å². The van der Waals surface area contributed by atoms with Crippen LogP contribution < -0.4 is 0 Å². The van der Waals surface area contributed by atoms with Gasteiger partial charge in [0.05, 0.1) is 66.7 Å². The standard InChI is InChI=1S/C47H30N4.C45H28N4.C41H26N4/c1-2-10-31(11-3-1)35-14-8-15-38(28-35)39-17-9-19-43-45(39)41-29-36-12-4-5-13-37(36)30-44(41)51(43)47-49-42-18-7-6-16-40(42)46(50-47)34-22-20-32(21-23-34)33-24-26-48-27-25-33;1-2-11-29(12-3-1)33-22-24-42-38(26-33)39-25-31-14-4-5-15-32(31)27-43(39)49(42)45-47-40-20-9-8-18-37(40)44(48-45)41-23-21-34(28-46-41)36-19-10-16-30-13-6-7-17-35(30)36;1-2-9-27(10-3-1)32-20-21-34-36-23-30-11-4-5-12-31(30)24-39(36)45(38(34)25-32)41-43-37-15-7-6-14-35(37)40(44-41)29-18-16-28(17-19-29)33-13-8-22-42-26-33/h1-30H;1-28H;1-26H. The molecule has 0 aliphatic carbocycles. The van der Waals surface area contributed by atoms with Crippen LogP contribution in [0.2, 0.25) is 0 Å². The van der Waals surface area contributed by atoms with E-state index in [1.807, 2.05) is 67.3 Å². The first kappa shape index (κ1) is 84.6. The highest BCUT2D eigenvalue weighted by Crippen LogP contribution is 2.46. The maximum Gasteiger partial charge on any atom is 0.235 e. The van der Waals surface area contributed by atoms with E-state index in [0.29, 0.717) is 17.8 Å². The summed E-state index contributed by atoms with van der Waals surface area (Å²) in [6.45, 7) is 0. The largest absolute Gasteiger partial charge is 0.278 e. The lowest BCUT2D eigenvalue weighted by Crippen LogP contribution is -2.04. The molecule has 9 aromatic heterocycles. The smallest absolute Gasteiger partial charge is 0.235 e. The minimum atomic E-state index is 0.622. The lowest BCUT2D eigenvalue weighted by molar-refractivity contribution is 1.01. The average Bonchev–Trinajstić information content (AvgIpc) is 1.58. The van der Waals surface area contributed by atoms with Crippen molar-refractivity contribution in [3.63, 3.8) is 0 Å². The Morgan fingerprint density at radius 3 is 1.09 bits per heavy atom. The van der Waals surface area contributed by atoms with Gasteiger partial charge in [0.1, 0.15) is 5.69 Å². The fraction of sp³-hybridized carbons (Fsp3) is 0. The van der Waals surface area contributed by atoms with Gasteiger partial charge in [0.15, 0.2) is 0 Å². The van der Waals surface area contributed by atoms with Gasteiger partial charge in [-0.15, -0.1) is 0 Å². The maximum absolute atomic E-state index is 5.39. The maximum atomic E-state index is 5.39. The fourth-order valence-electron chi connectivity index (χ4n) is 21.2. The van der Waals surface area contributed by atoms with E-state index in [0.717, 1.165) is 144 Å². The van der Waals surface area contributed by atoms with Crippen LogP contribution in [-0.2, 0) is 0 Å². The predicted octanol–water partition coefficient (Wildman–Crippen LogP) is 33.6. The summed E-state index contributed by atoms with van der Waals surface area (Å²) in [6, 6.07) is 169. The van der Waals surface area contributed by atoms with Crippen LogP contribution in [0.15, 0.2) is 510 Å². The van der Waals surface area contributed by atoms with E-state index >= 15 is 0 Å². The van der Waals surface area contributed by atoms with Crippen molar-refractivity contribution in [2.45, 2.75) is 0 Å². The van der Waals surface area contributed by atoms with Gasteiger partial charge in [-0.25, -0.2) is 29.9 Å². The van der Waals surface area contributed by atoms with Crippen molar-refractivity contribution in [2.24, 2.45) is 0 Å². The molecule has 29 rings (SSSR count). The molecule has 0 amide bonds. The molecular formula is C133H84N12. The van der Waals surface area contributed by atoms with E-state index in [9.17, 15) is 0 Å². The van der Waals surface area contributed by atoms with E-state index in [-0.39, 0.29) is 0 Å². The van der Waals surface area contributed by atoms with Crippen molar-refractivity contribution in [3.8, 4) is 130 Å². The number of hydrogen-bond acceptors (Lipinski definition) is 9. The molecule has 0 N–H and O–H groups in total. The Balaban J connectivity index is 0.000000108. The summed E-state index contributed by atoms with van der Waals surface area (Å²) in [5, 5.41) is 19.6. The van der Waals surface area contributed by atoms with Crippen LogP contribution >= 0.6 is 0 Å². The zero-order valence-corrected chi connectivity index (χ0v) is 78.4. The zero-order valence-electron chi connectivity index (χ0n) is 78.4. The van der Waals surface area contributed by atoms with Gasteiger partial charge in [-0.05, 0) is 225 Å². The summed E-state index contributed by atoms with van der Waals surface area (Å²) in [5.74, 6) is 1.92. The molecule has 145 heavy (non-hydrogen) atoms. The van der Waals surface area contributed by atoms with Gasteiger partial charge in [-0.2, -0.15) is 0 Å². The Labute approximate surface area is 833 Å². The SMILES string of the molecule is c1ccc(-c2ccc3c(c2)c2cc4ccccc4cc2n3-c2nc(-c3ccc(-c4cccc5ccccc45)cn3)c3ccccc3n2)cc1.c1ccc(-c2ccc3c4cc5ccccc5cc4n(-c4nc(-c5ccc(-c6cccnc6)cc5)c5ccccc5n4)c3c2)cc1.c1ccc(-c2cccc(-c3cccc4c3c3cc5ccccc5cc3n4-c3nc(-c4ccc(-c5ccncc5)cc4)c4ccccc4n3)c2)cc1. The molecule has 0 aliphatic rings. The molecule has 0 aliphatic heterocycles. The molecule has 0 atom stereocenters. The second-order valence-electron chi connectivity index (χ2n) is 36.8. The monoisotopic (exact) mass is 1850 g/mol. The first-order valence-corrected chi connectivity index (χ1v) is 48.8. The summed E-state index contributed by atoms with van der Waals surface area (Å²) in [7, 11) is 0. The van der Waals surface area contributed by atoms with Crippen molar-refractivity contribution < 1.29 is 0 Å². The van der Waals surface area contributed by atoms with Gasteiger partial charge >= 0.3 is 0 Å². The molecule has 676 valence electrons. The van der Waals surface area contributed by atoms with Crippen LogP contribution in [0.4, 0.5) is 0 Å². The van der Waals surface area contributed by atoms with Gasteiger partial charge < -0.3 is 0 Å². The third kappa shape index (κ3) is 15.4. The number of rotatable bonds is 13. The first-order chi connectivity index (χ1) is 71.9. The normalized spacial score (nSPS) is 11.6. The molecule has 0 fully saturated rings. The van der Waals surface area contributed by atoms with Gasteiger partial charge in [0.2, 0.25) is 17.8 Å². The number of fused-ring (bicyclic) bond motifs is 16. The Kier molecular flexibility index (Phi) is 21.0. The second-order valence-corrected chi connectivity index (χ2v) is 36.8. The topological polar surface area (TPSA) is 131 Å². The highest BCUT2D eigenvalue weighted by molar-refractivity contribution is 6.20. The average molecular weight is 1850 g/mol. The van der Waals surface area contributed by atoms with E-state index < -0.39 is 0 Å². The van der Waals surface area contributed by atoms with Crippen molar-refractivity contribution in [3.05, 3.63) is 510 Å². The summed E-state index contributed by atoms with van der Waals surface area (Å²) < 4.78 is 6.71. The third-order valence-corrected chi connectivity index (χ3v) is 28.2. The third-order valence-electron chi connectivity index (χ3n) is 28.2. The lowest BCUT2D eigenvalue weighted by atomic mass is 9.95. The number of pyridine rings is 3. The number of hydrogen-bond donors (Lipinski definition) is 0. The fourth-order valence-corrected chi connectivity index (χ4v) is 21.2. The Bertz CT molecular complexity index is 10100. The predicted molar refractivity (Wildman–Crippen MR) is 599 cm³/mol. The quantitative estimate of drug-likeness (QED) is 0.111. The van der Waals surface area contributed by atoms with Gasteiger partial charge in [-0.3, -0.25) is 28.7 Å².